The van der Waals surface area contributed by atoms with Gasteiger partial charge in [0.1, 0.15) is 0 Å². The number of hydrogen-bond acceptors (Lipinski definition) is 11. The topological polar surface area (TPSA) is 198 Å². The van der Waals surface area contributed by atoms with Gasteiger partial charge in [-0.2, -0.15) is 32.2 Å². The lowest BCUT2D eigenvalue weighted by Crippen LogP contribution is -2.13. The fourth-order valence-corrected chi connectivity index (χ4v) is 3.72. The molecular weight excluding hydrogens is 490 g/mol. The van der Waals surface area contributed by atoms with Crippen LogP contribution in [0.2, 0.25) is 0 Å². The van der Waals surface area contributed by atoms with E-state index < -0.39 is 32.6 Å². The molecule has 1 heterocycles. The van der Waals surface area contributed by atoms with Crippen LogP contribution in [0.3, 0.4) is 0 Å². The van der Waals surface area contributed by atoms with Gasteiger partial charge >= 0.3 is 11.8 Å². The average molecular weight is 510 g/mol. The highest BCUT2D eigenvalue weighted by atomic mass is 32.2. The van der Waals surface area contributed by atoms with Crippen molar-refractivity contribution in [3.8, 4) is 0 Å². The van der Waals surface area contributed by atoms with E-state index in [0.717, 1.165) is 12.1 Å². The van der Waals surface area contributed by atoms with E-state index in [1.807, 2.05) is 0 Å². The second-order valence-electron chi connectivity index (χ2n) is 7.19. The minimum Gasteiger partial charge on any atom is -0.397 e. The molecule has 0 spiro atoms. The summed E-state index contributed by atoms with van der Waals surface area (Å²) in [5, 5.41) is 19.1. The van der Waals surface area contributed by atoms with Crippen molar-refractivity contribution in [3.63, 3.8) is 0 Å². The fraction of sp³-hybridized carbons (Fsp3) is 0.211. The highest BCUT2D eigenvalue weighted by Gasteiger charge is 2.17. The van der Waals surface area contributed by atoms with Crippen LogP contribution in [0, 0.1) is 28.9 Å². The maximum atomic E-state index is 13.8. The minimum atomic E-state index is -4.38. The number of nitro benzene ring substituents is 1. The van der Waals surface area contributed by atoms with E-state index in [9.17, 15) is 31.9 Å². The van der Waals surface area contributed by atoms with Crippen molar-refractivity contribution in [2.45, 2.75) is 18.2 Å². The van der Waals surface area contributed by atoms with E-state index in [1.54, 1.807) is 0 Å². The number of nitrogens with one attached hydrogen (secondary N) is 3. The number of aromatic nitrogens is 3. The van der Waals surface area contributed by atoms with E-state index in [4.69, 9.17) is 5.73 Å². The lowest BCUT2D eigenvalue weighted by atomic mass is 10.2. The van der Waals surface area contributed by atoms with Gasteiger partial charge in [-0.15, -0.1) is 0 Å². The number of nitrogens with zero attached hydrogens (tertiary/aromatic N) is 4. The second-order valence-corrected chi connectivity index (χ2v) is 8.58. The minimum absolute atomic E-state index is 0.0150. The first-order chi connectivity index (χ1) is 16.4. The SMILES string of the molecule is Cc1cc(Nc2nc(F)nc(NCCCNc3cc(F)c([N+](=O)[O-])cc3N)n2)ccc1S(=O)(=O)O. The van der Waals surface area contributed by atoms with Crippen LogP contribution in [-0.2, 0) is 10.1 Å². The van der Waals surface area contributed by atoms with Crippen molar-refractivity contribution in [1.82, 2.24) is 15.0 Å². The van der Waals surface area contributed by atoms with Gasteiger partial charge in [0.25, 0.3) is 10.1 Å². The molecule has 2 aromatic carbocycles. The monoisotopic (exact) mass is 510 g/mol. The Labute approximate surface area is 197 Å². The Balaban J connectivity index is 1.57. The molecule has 0 aliphatic heterocycles. The van der Waals surface area contributed by atoms with Gasteiger partial charge in [-0.1, -0.05) is 0 Å². The summed E-state index contributed by atoms with van der Waals surface area (Å²) in [6.07, 6.45) is -0.631. The molecule has 0 unspecified atom stereocenters. The number of nitro groups is 1. The van der Waals surface area contributed by atoms with E-state index in [1.165, 1.54) is 25.1 Å². The smallest absolute Gasteiger partial charge is 0.315 e. The summed E-state index contributed by atoms with van der Waals surface area (Å²) < 4.78 is 59.4. The van der Waals surface area contributed by atoms with Gasteiger partial charge in [0, 0.05) is 30.9 Å². The van der Waals surface area contributed by atoms with Gasteiger partial charge in [0.05, 0.1) is 21.2 Å². The number of nitrogens with two attached hydrogens (primary N) is 1. The van der Waals surface area contributed by atoms with Crippen molar-refractivity contribution >= 4 is 44.8 Å². The number of hydrogen-bond donors (Lipinski definition) is 5. The molecule has 0 saturated carbocycles. The third-order valence-corrected chi connectivity index (χ3v) is 5.60. The van der Waals surface area contributed by atoms with Crippen LogP contribution in [0.5, 0.6) is 0 Å². The highest BCUT2D eigenvalue weighted by Crippen LogP contribution is 2.27. The molecule has 3 rings (SSSR count). The van der Waals surface area contributed by atoms with Crippen molar-refractivity contribution in [2.75, 3.05) is 34.8 Å². The standard InChI is InChI=1S/C19H20F2N8O5S/c1-10-7-11(3-4-16(10)35(32,33)34)25-19-27-17(21)26-18(28-19)24-6-2-5-23-14-8-12(20)15(29(30)31)9-13(14)22/h3-4,7-9,23H,2,5-6,22H2,1H3,(H,32,33,34)(H2,24,25,26,27,28). The molecule has 0 bridgehead atoms. The predicted molar refractivity (Wildman–Crippen MR) is 123 cm³/mol. The Morgan fingerprint density at radius 2 is 1.77 bits per heavy atom. The summed E-state index contributed by atoms with van der Waals surface area (Å²) in [6.45, 7) is 2.04. The summed E-state index contributed by atoms with van der Waals surface area (Å²) in [5.41, 5.74) is 5.80. The molecule has 0 atom stereocenters. The quantitative estimate of drug-likeness (QED) is 0.0880. The molecule has 6 N–H and O–H groups in total. The predicted octanol–water partition coefficient (Wildman–Crippen LogP) is 2.85. The number of anilines is 5. The number of benzene rings is 2. The van der Waals surface area contributed by atoms with Crippen LogP contribution >= 0.6 is 0 Å². The van der Waals surface area contributed by atoms with E-state index in [0.29, 0.717) is 18.7 Å². The van der Waals surface area contributed by atoms with Crippen LogP contribution in [0.1, 0.15) is 12.0 Å². The van der Waals surface area contributed by atoms with Crippen LogP contribution in [0.25, 0.3) is 0 Å². The summed E-state index contributed by atoms with van der Waals surface area (Å²) in [4.78, 5) is 20.7. The van der Waals surface area contributed by atoms with Gasteiger partial charge in [-0.05, 0) is 37.1 Å². The molecular formula is C19H20F2N8O5S. The molecule has 3 aromatic rings. The number of rotatable bonds is 10. The molecule has 0 aliphatic rings. The maximum Gasteiger partial charge on any atom is 0.315 e. The zero-order valence-electron chi connectivity index (χ0n) is 18.1. The molecule has 0 aliphatic carbocycles. The first-order valence-corrected chi connectivity index (χ1v) is 11.4. The highest BCUT2D eigenvalue weighted by molar-refractivity contribution is 7.85. The molecule has 0 fully saturated rings. The number of aryl methyl sites for hydroxylation is 1. The van der Waals surface area contributed by atoms with Crippen molar-refractivity contribution in [1.29, 1.82) is 0 Å². The zero-order chi connectivity index (χ0) is 25.8. The Morgan fingerprint density at radius 3 is 2.43 bits per heavy atom. The van der Waals surface area contributed by atoms with Crippen LogP contribution < -0.4 is 21.7 Å². The Bertz CT molecular complexity index is 1370. The van der Waals surface area contributed by atoms with Gasteiger partial charge in [0.15, 0.2) is 0 Å². The first-order valence-electron chi connectivity index (χ1n) is 9.92. The lowest BCUT2D eigenvalue weighted by Gasteiger charge is -2.11. The molecule has 0 amide bonds. The van der Waals surface area contributed by atoms with Gasteiger partial charge in [-0.25, -0.2) is 0 Å². The van der Waals surface area contributed by atoms with E-state index in [-0.39, 0.29) is 40.3 Å². The van der Waals surface area contributed by atoms with E-state index in [2.05, 4.69) is 30.9 Å². The van der Waals surface area contributed by atoms with Gasteiger partial charge in [-0.3, -0.25) is 14.7 Å². The number of nitrogen functional groups attached to an aromatic ring is 1. The maximum absolute atomic E-state index is 13.8. The molecule has 35 heavy (non-hydrogen) atoms. The molecule has 1 aromatic heterocycles. The molecule has 13 nitrogen and oxygen atoms in total. The van der Waals surface area contributed by atoms with Crippen molar-refractivity contribution in [3.05, 3.63) is 57.9 Å². The van der Waals surface area contributed by atoms with Gasteiger partial charge < -0.3 is 21.7 Å². The summed E-state index contributed by atoms with van der Waals surface area (Å²) in [5.74, 6) is -1.24. The Morgan fingerprint density at radius 1 is 1.09 bits per heavy atom. The van der Waals surface area contributed by atoms with Crippen LogP contribution in [0.4, 0.5) is 43.4 Å². The summed E-state index contributed by atoms with van der Waals surface area (Å²) >= 11 is 0. The summed E-state index contributed by atoms with van der Waals surface area (Å²) in [7, 11) is -4.38. The lowest BCUT2D eigenvalue weighted by molar-refractivity contribution is -0.387. The number of halogens is 2. The average Bonchev–Trinajstić information content (AvgIpc) is 2.74. The second kappa shape index (κ2) is 10.4. The molecule has 0 saturated heterocycles. The third-order valence-electron chi connectivity index (χ3n) is 4.58. The normalized spacial score (nSPS) is 11.2. The molecule has 0 radical (unpaired) electrons. The largest absolute Gasteiger partial charge is 0.397 e. The zero-order valence-corrected chi connectivity index (χ0v) is 18.9. The Hall–Kier alpha value is -4.18. The molecule has 186 valence electrons. The van der Waals surface area contributed by atoms with Gasteiger partial charge in [0.2, 0.25) is 17.7 Å². The third kappa shape index (κ3) is 6.67. The summed E-state index contributed by atoms with van der Waals surface area (Å²) in [6, 6.07) is 5.81. The van der Waals surface area contributed by atoms with Crippen LogP contribution in [0.15, 0.2) is 35.2 Å². The van der Waals surface area contributed by atoms with Crippen molar-refractivity contribution < 1.29 is 26.7 Å². The molecule has 16 heteroatoms. The van der Waals surface area contributed by atoms with E-state index >= 15 is 0 Å². The van der Waals surface area contributed by atoms with Crippen molar-refractivity contribution in [2.24, 2.45) is 0 Å². The Kier molecular flexibility index (Phi) is 7.55. The first kappa shape index (κ1) is 25.4. The van der Waals surface area contributed by atoms with Crippen LogP contribution in [-0.4, -0.2) is 45.9 Å². The fourth-order valence-electron chi connectivity index (χ4n) is 3.01.